The second kappa shape index (κ2) is 7.38. The van der Waals surface area contributed by atoms with Crippen molar-refractivity contribution in [1.29, 1.82) is 0 Å². The molecule has 3 rings (SSSR count). The van der Waals surface area contributed by atoms with E-state index in [1.165, 1.54) is 24.5 Å². The first-order valence-corrected chi connectivity index (χ1v) is 8.58. The number of fused-ring (bicyclic) bond motifs is 1. The van der Waals surface area contributed by atoms with Crippen LogP contribution in [0.1, 0.15) is 31.4 Å². The van der Waals surface area contributed by atoms with Crippen molar-refractivity contribution in [2.24, 2.45) is 0 Å². The van der Waals surface area contributed by atoms with Crippen LogP contribution in [-0.4, -0.2) is 17.9 Å². The SMILES string of the molecule is CC(=O)Nc1ccc(NC(C)C(=O)Nc2ccc3c(c2)CCC3)cc1. The minimum Gasteiger partial charge on any atom is -0.374 e. The Kier molecular flexibility index (Phi) is 5.03. The van der Waals surface area contributed by atoms with E-state index in [1.807, 2.05) is 25.1 Å². The largest absolute Gasteiger partial charge is 0.374 e. The molecule has 5 heteroatoms. The Morgan fingerprint density at radius 3 is 2.24 bits per heavy atom. The van der Waals surface area contributed by atoms with E-state index in [1.54, 1.807) is 12.1 Å². The standard InChI is InChI=1S/C20H23N3O2/c1-13(21-17-8-10-18(11-9-17)22-14(2)24)20(25)23-19-7-6-15-4-3-5-16(15)12-19/h6-13,21H,3-5H2,1-2H3,(H,22,24)(H,23,25). The average molecular weight is 337 g/mol. The van der Waals surface area contributed by atoms with Crippen molar-refractivity contribution < 1.29 is 9.59 Å². The second-order valence-electron chi connectivity index (χ2n) is 6.45. The Morgan fingerprint density at radius 1 is 0.880 bits per heavy atom. The van der Waals surface area contributed by atoms with Gasteiger partial charge in [-0.25, -0.2) is 0 Å². The van der Waals surface area contributed by atoms with Crippen molar-refractivity contribution in [3.63, 3.8) is 0 Å². The van der Waals surface area contributed by atoms with Crippen LogP contribution in [0.25, 0.3) is 0 Å². The summed E-state index contributed by atoms with van der Waals surface area (Å²) in [7, 11) is 0. The van der Waals surface area contributed by atoms with Gasteiger partial charge >= 0.3 is 0 Å². The highest BCUT2D eigenvalue weighted by Gasteiger charge is 2.15. The lowest BCUT2D eigenvalue weighted by Crippen LogP contribution is -2.31. The molecule has 3 N–H and O–H groups in total. The van der Waals surface area contributed by atoms with Crippen molar-refractivity contribution >= 4 is 28.9 Å². The molecule has 0 aliphatic heterocycles. The van der Waals surface area contributed by atoms with Crippen molar-refractivity contribution in [2.45, 2.75) is 39.2 Å². The smallest absolute Gasteiger partial charge is 0.246 e. The van der Waals surface area contributed by atoms with Crippen molar-refractivity contribution in [2.75, 3.05) is 16.0 Å². The molecule has 1 aliphatic rings. The third-order valence-corrected chi connectivity index (χ3v) is 4.35. The molecular formula is C20H23N3O2. The molecule has 2 aromatic carbocycles. The van der Waals surface area contributed by atoms with E-state index in [0.29, 0.717) is 0 Å². The Balaban J connectivity index is 1.58. The molecule has 5 nitrogen and oxygen atoms in total. The highest BCUT2D eigenvalue weighted by Crippen LogP contribution is 2.25. The third kappa shape index (κ3) is 4.38. The summed E-state index contributed by atoms with van der Waals surface area (Å²) in [5.74, 6) is -0.188. The molecule has 1 aliphatic carbocycles. The van der Waals surface area contributed by atoms with Crippen molar-refractivity contribution in [1.82, 2.24) is 0 Å². The molecule has 0 aromatic heterocycles. The summed E-state index contributed by atoms with van der Waals surface area (Å²) in [4.78, 5) is 23.4. The number of carbonyl (C=O) groups is 2. The maximum absolute atomic E-state index is 12.4. The zero-order chi connectivity index (χ0) is 17.8. The van der Waals surface area contributed by atoms with Crippen LogP contribution in [0.4, 0.5) is 17.1 Å². The van der Waals surface area contributed by atoms with E-state index in [4.69, 9.17) is 0 Å². The fraction of sp³-hybridized carbons (Fsp3) is 0.300. The number of aryl methyl sites for hydroxylation is 2. The van der Waals surface area contributed by atoms with Gasteiger partial charge in [0.05, 0.1) is 0 Å². The fourth-order valence-corrected chi connectivity index (χ4v) is 3.07. The van der Waals surface area contributed by atoms with Gasteiger partial charge in [-0.05, 0) is 73.7 Å². The molecular weight excluding hydrogens is 314 g/mol. The first-order valence-electron chi connectivity index (χ1n) is 8.58. The first kappa shape index (κ1) is 17.0. The lowest BCUT2D eigenvalue weighted by Gasteiger charge is -2.16. The quantitative estimate of drug-likeness (QED) is 0.781. The molecule has 2 aromatic rings. The van der Waals surface area contributed by atoms with Crippen LogP contribution in [0.3, 0.4) is 0 Å². The normalized spacial score (nSPS) is 13.7. The predicted molar refractivity (Wildman–Crippen MR) is 101 cm³/mol. The lowest BCUT2D eigenvalue weighted by atomic mass is 10.1. The second-order valence-corrected chi connectivity index (χ2v) is 6.45. The summed E-state index contributed by atoms with van der Waals surface area (Å²) in [5.41, 5.74) is 5.13. The van der Waals surface area contributed by atoms with Crippen LogP contribution in [0.5, 0.6) is 0 Å². The summed E-state index contributed by atoms with van der Waals surface area (Å²) < 4.78 is 0. The maximum atomic E-state index is 12.4. The van der Waals surface area contributed by atoms with E-state index in [9.17, 15) is 9.59 Å². The molecule has 0 heterocycles. The minimum atomic E-state index is -0.375. The molecule has 130 valence electrons. The number of anilines is 3. The van der Waals surface area contributed by atoms with Gasteiger partial charge in [-0.2, -0.15) is 0 Å². The molecule has 0 saturated carbocycles. The zero-order valence-corrected chi connectivity index (χ0v) is 14.6. The summed E-state index contributed by atoms with van der Waals surface area (Å²) >= 11 is 0. The summed E-state index contributed by atoms with van der Waals surface area (Å²) in [6.07, 6.45) is 3.42. The highest BCUT2D eigenvalue weighted by molar-refractivity contribution is 5.96. The molecule has 1 unspecified atom stereocenters. The van der Waals surface area contributed by atoms with Gasteiger partial charge in [-0.1, -0.05) is 6.07 Å². The van der Waals surface area contributed by atoms with Gasteiger partial charge in [0.25, 0.3) is 0 Å². The van der Waals surface area contributed by atoms with Gasteiger partial charge in [0, 0.05) is 24.0 Å². The van der Waals surface area contributed by atoms with E-state index in [-0.39, 0.29) is 17.9 Å². The van der Waals surface area contributed by atoms with Gasteiger partial charge < -0.3 is 16.0 Å². The van der Waals surface area contributed by atoms with Crippen LogP contribution < -0.4 is 16.0 Å². The Morgan fingerprint density at radius 2 is 1.52 bits per heavy atom. The number of benzene rings is 2. The van der Waals surface area contributed by atoms with Crippen LogP contribution in [0.2, 0.25) is 0 Å². The third-order valence-electron chi connectivity index (χ3n) is 4.35. The van der Waals surface area contributed by atoms with Gasteiger partial charge in [-0.3, -0.25) is 9.59 Å². The Hall–Kier alpha value is -2.82. The number of hydrogen-bond acceptors (Lipinski definition) is 3. The molecule has 0 bridgehead atoms. The highest BCUT2D eigenvalue weighted by atomic mass is 16.2. The summed E-state index contributed by atoms with van der Waals surface area (Å²) in [6.45, 7) is 3.29. The molecule has 0 spiro atoms. The van der Waals surface area contributed by atoms with E-state index >= 15 is 0 Å². The van der Waals surface area contributed by atoms with E-state index in [0.717, 1.165) is 29.9 Å². The fourth-order valence-electron chi connectivity index (χ4n) is 3.07. The van der Waals surface area contributed by atoms with Crippen LogP contribution in [0.15, 0.2) is 42.5 Å². The zero-order valence-electron chi connectivity index (χ0n) is 14.6. The maximum Gasteiger partial charge on any atom is 0.246 e. The van der Waals surface area contributed by atoms with Gasteiger partial charge in [-0.15, -0.1) is 0 Å². The molecule has 0 radical (unpaired) electrons. The molecule has 2 amide bonds. The Labute approximate surface area is 147 Å². The van der Waals surface area contributed by atoms with Gasteiger partial charge in [0.1, 0.15) is 6.04 Å². The van der Waals surface area contributed by atoms with Crippen LogP contribution >= 0.6 is 0 Å². The predicted octanol–water partition coefficient (Wildman–Crippen LogP) is 3.57. The number of carbonyl (C=O) groups excluding carboxylic acids is 2. The van der Waals surface area contributed by atoms with Crippen molar-refractivity contribution in [3.8, 4) is 0 Å². The molecule has 0 saturated heterocycles. The topological polar surface area (TPSA) is 70.2 Å². The van der Waals surface area contributed by atoms with Crippen LogP contribution in [0, 0.1) is 0 Å². The first-order chi connectivity index (χ1) is 12.0. The van der Waals surface area contributed by atoms with E-state index < -0.39 is 0 Å². The monoisotopic (exact) mass is 337 g/mol. The number of amides is 2. The average Bonchev–Trinajstić information content (AvgIpc) is 3.03. The molecule has 25 heavy (non-hydrogen) atoms. The minimum absolute atomic E-state index is 0.0797. The van der Waals surface area contributed by atoms with E-state index in [2.05, 4.69) is 28.1 Å². The van der Waals surface area contributed by atoms with Crippen molar-refractivity contribution in [3.05, 3.63) is 53.6 Å². The number of nitrogens with one attached hydrogen (secondary N) is 3. The Bertz CT molecular complexity index is 784. The molecule has 0 fully saturated rings. The number of rotatable bonds is 5. The van der Waals surface area contributed by atoms with Crippen LogP contribution in [-0.2, 0) is 22.4 Å². The number of hydrogen-bond donors (Lipinski definition) is 3. The van der Waals surface area contributed by atoms with Gasteiger partial charge in [0.2, 0.25) is 11.8 Å². The molecule has 1 atom stereocenters. The lowest BCUT2D eigenvalue weighted by molar-refractivity contribution is -0.116. The summed E-state index contributed by atoms with van der Waals surface area (Å²) in [6, 6.07) is 13.1. The van der Waals surface area contributed by atoms with Gasteiger partial charge in [0.15, 0.2) is 0 Å². The summed E-state index contributed by atoms with van der Waals surface area (Å²) in [5, 5.41) is 8.86.